The van der Waals surface area contributed by atoms with E-state index in [1.165, 1.54) is 6.33 Å². The Labute approximate surface area is 109 Å². The summed E-state index contributed by atoms with van der Waals surface area (Å²) in [5, 5.41) is 19.6. The van der Waals surface area contributed by atoms with Gasteiger partial charge < -0.3 is 20.5 Å². The van der Waals surface area contributed by atoms with E-state index in [4.69, 9.17) is 5.73 Å². The highest BCUT2D eigenvalue weighted by atomic mass is 16.3. The molecule has 0 aromatic carbocycles. The zero-order valence-corrected chi connectivity index (χ0v) is 10.5. The van der Waals surface area contributed by atoms with E-state index in [0.717, 1.165) is 11.1 Å². The smallest absolute Gasteiger partial charge is 0.165 e. The molecule has 0 bridgehead atoms. The lowest BCUT2D eigenvalue weighted by atomic mass is 10.1. The molecule has 0 fully saturated rings. The lowest BCUT2D eigenvalue weighted by Gasteiger charge is -2.18. The SMILES string of the molecule is CC1=C(CO)C[C@@H](n2cnc3c(N)ncnc32)[C@@H]1O. The highest BCUT2D eigenvalue weighted by Gasteiger charge is 2.33. The first-order valence-corrected chi connectivity index (χ1v) is 6.04. The molecule has 0 saturated heterocycles. The number of nitrogen functional groups attached to an aromatic ring is 1. The standard InChI is InChI=1S/C12H15N5O2/c1-6-7(3-18)2-8(10(6)19)17-5-16-9-11(13)14-4-15-12(9)17/h4-5,8,10,18-19H,2-3H2,1H3,(H2,13,14,15)/t8-,10-/m1/s1. The summed E-state index contributed by atoms with van der Waals surface area (Å²) in [6.45, 7) is 1.79. The molecule has 19 heavy (non-hydrogen) atoms. The van der Waals surface area contributed by atoms with Crippen molar-refractivity contribution in [1.29, 1.82) is 0 Å². The zero-order valence-electron chi connectivity index (χ0n) is 10.5. The Morgan fingerprint density at radius 3 is 2.89 bits per heavy atom. The summed E-state index contributed by atoms with van der Waals surface area (Å²) in [5.74, 6) is 0.322. The third-order valence-electron chi connectivity index (χ3n) is 3.76. The minimum atomic E-state index is -0.643. The van der Waals surface area contributed by atoms with Gasteiger partial charge in [0.2, 0.25) is 0 Å². The minimum Gasteiger partial charge on any atom is -0.392 e. The normalized spacial score (nSPS) is 23.5. The van der Waals surface area contributed by atoms with Gasteiger partial charge in [0, 0.05) is 0 Å². The third kappa shape index (κ3) is 1.70. The Hall–Kier alpha value is -1.99. The van der Waals surface area contributed by atoms with Crippen molar-refractivity contribution in [3.63, 3.8) is 0 Å². The number of nitrogens with zero attached hydrogens (tertiary/aromatic N) is 4. The van der Waals surface area contributed by atoms with Gasteiger partial charge in [-0.3, -0.25) is 0 Å². The van der Waals surface area contributed by atoms with E-state index >= 15 is 0 Å². The van der Waals surface area contributed by atoms with Crippen LogP contribution in [0.4, 0.5) is 5.82 Å². The van der Waals surface area contributed by atoms with Gasteiger partial charge in [-0.25, -0.2) is 15.0 Å². The molecule has 100 valence electrons. The molecule has 2 heterocycles. The number of aliphatic hydroxyl groups is 2. The fraction of sp³-hybridized carbons (Fsp3) is 0.417. The van der Waals surface area contributed by atoms with Crippen LogP contribution >= 0.6 is 0 Å². The van der Waals surface area contributed by atoms with Crippen molar-refractivity contribution in [2.24, 2.45) is 0 Å². The van der Waals surface area contributed by atoms with E-state index in [1.54, 1.807) is 10.9 Å². The predicted octanol–water partition coefficient (Wildman–Crippen LogP) is 0.0230. The van der Waals surface area contributed by atoms with Gasteiger partial charge in [0.05, 0.1) is 25.1 Å². The molecule has 7 nitrogen and oxygen atoms in total. The molecule has 7 heteroatoms. The summed E-state index contributed by atoms with van der Waals surface area (Å²) in [6.07, 6.45) is 2.93. The molecule has 2 atom stereocenters. The van der Waals surface area contributed by atoms with Crippen molar-refractivity contribution in [3.8, 4) is 0 Å². The summed E-state index contributed by atoms with van der Waals surface area (Å²) in [4.78, 5) is 12.3. The predicted molar refractivity (Wildman–Crippen MR) is 69.2 cm³/mol. The maximum absolute atomic E-state index is 10.3. The molecule has 0 unspecified atom stereocenters. The van der Waals surface area contributed by atoms with Crippen molar-refractivity contribution in [2.45, 2.75) is 25.5 Å². The topological polar surface area (TPSA) is 110 Å². The Kier molecular flexibility index (Phi) is 2.72. The molecule has 3 rings (SSSR count). The van der Waals surface area contributed by atoms with Crippen molar-refractivity contribution >= 4 is 17.0 Å². The molecule has 1 aliphatic carbocycles. The summed E-state index contributed by atoms with van der Waals surface area (Å²) < 4.78 is 1.80. The summed E-state index contributed by atoms with van der Waals surface area (Å²) in [7, 11) is 0. The number of anilines is 1. The monoisotopic (exact) mass is 261 g/mol. The van der Waals surface area contributed by atoms with Crippen LogP contribution in [0.5, 0.6) is 0 Å². The van der Waals surface area contributed by atoms with Crippen LogP contribution in [0.25, 0.3) is 11.2 Å². The Morgan fingerprint density at radius 2 is 2.21 bits per heavy atom. The second kappa shape index (κ2) is 4.29. The Balaban J connectivity index is 2.06. The summed E-state index contributed by atoms with van der Waals surface area (Å²) in [5.41, 5.74) is 8.55. The van der Waals surface area contributed by atoms with Crippen LogP contribution < -0.4 is 5.73 Å². The van der Waals surface area contributed by atoms with Gasteiger partial charge in [-0.15, -0.1) is 0 Å². The maximum Gasteiger partial charge on any atom is 0.165 e. The molecule has 4 N–H and O–H groups in total. The van der Waals surface area contributed by atoms with Crippen molar-refractivity contribution in [2.75, 3.05) is 12.3 Å². The molecule has 0 spiro atoms. The van der Waals surface area contributed by atoms with Gasteiger partial charge in [0.25, 0.3) is 0 Å². The second-order valence-electron chi connectivity index (χ2n) is 4.74. The quantitative estimate of drug-likeness (QED) is 0.657. The first-order valence-electron chi connectivity index (χ1n) is 6.04. The number of nitrogens with two attached hydrogens (primary N) is 1. The van der Waals surface area contributed by atoms with Gasteiger partial charge in [-0.1, -0.05) is 0 Å². The van der Waals surface area contributed by atoms with E-state index < -0.39 is 6.10 Å². The van der Waals surface area contributed by atoms with Crippen LogP contribution in [0.15, 0.2) is 23.8 Å². The average Bonchev–Trinajstić information content (AvgIpc) is 2.94. The fourth-order valence-electron chi connectivity index (χ4n) is 2.58. The molecule has 0 amide bonds. The summed E-state index contributed by atoms with van der Waals surface area (Å²) >= 11 is 0. The largest absolute Gasteiger partial charge is 0.392 e. The molecule has 0 saturated carbocycles. The Bertz CT molecular complexity index is 663. The molecule has 0 radical (unpaired) electrons. The van der Waals surface area contributed by atoms with Crippen LogP contribution in [0.3, 0.4) is 0 Å². The van der Waals surface area contributed by atoms with Gasteiger partial charge >= 0.3 is 0 Å². The number of aliphatic hydroxyl groups excluding tert-OH is 2. The highest BCUT2D eigenvalue weighted by molar-refractivity contribution is 5.81. The molecule has 2 aromatic rings. The molecule has 0 aliphatic heterocycles. The average molecular weight is 261 g/mol. The lowest BCUT2D eigenvalue weighted by molar-refractivity contribution is 0.160. The van der Waals surface area contributed by atoms with Crippen LogP contribution in [0.1, 0.15) is 19.4 Å². The van der Waals surface area contributed by atoms with E-state index in [2.05, 4.69) is 15.0 Å². The van der Waals surface area contributed by atoms with E-state index in [-0.39, 0.29) is 12.6 Å². The van der Waals surface area contributed by atoms with Crippen LogP contribution in [0.2, 0.25) is 0 Å². The van der Waals surface area contributed by atoms with Crippen LogP contribution in [-0.2, 0) is 0 Å². The highest BCUT2D eigenvalue weighted by Crippen LogP contribution is 2.36. The van der Waals surface area contributed by atoms with Crippen molar-refractivity contribution in [1.82, 2.24) is 19.5 Å². The fourth-order valence-corrected chi connectivity index (χ4v) is 2.58. The van der Waals surface area contributed by atoms with E-state index in [1.807, 2.05) is 6.92 Å². The zero-order chi connectivity index (χ0) is 13.6. The van der Waals surface area contributed by atoms with Gasteiger partial charge in [0.15, 0.2) is 11.5 Å². The number of hydrogen-bond acceptors (Lipinski definition) is 6. The Morgan fingerprint density at radius 1 is 1.42 bits per heavy atom. The third-order valence-corrected chi connectivity index (χ3v) is 3.76. The molecule has 1 aliphatic rings. The number of aromatic nitrogens is 4. The summed E-state index contributed by atoms with van der Waals surface area (Å²) in [6, 6.07) is -0.207. The lowest BCUT2D eigenvalue weighted by Crippen LogP contribution is -2.20. The first-order chi connectivity index (χ1) is 9.13. The number of imidazole rings is 1. The number of hydrogen-bond donors (Lipinski definition) is 3. The van der Waals surface area contributed by atoms with Gasteiger partial charge in [-0.2, -0.15) is 0 Å². The van der Waals surface area contributed by atoms with Crippen molar-refractivity contribution in [3.05, 3.63) is 23.8 Å². The number of fused-ring (bicyclic) bond motifs is 1. The van der Waals surface area contributed by atoms with Gasteiger partial charge in [-0.05, 0) is 24.5 Å². The first kappa shape index (κ1) is 12.1. The van der Waals surface area contributed by atoms with Gasteiger partial charge in [0.1, 0.15) is 11.8 Å². The van der Waals surface area contributed by atoms with Crippen LogP contribution in [0, 0.1) is 0 Å². The maximum atomic E-state index is 10.3. The van der Waals surface area contributed by atoms with Crippen LogP contribution in [-0.4, -0.2) is 42.4 Å². The van der Waals surface area contributed by atoms with E-state index in [9.17, 15) is 10.2 Å². The van der Waals surface area contributed by atoms with E-state index in [0.29, 0.717) is 23.4 Å². The number of rotatable bonds is 2. The molecule has 2 aromatic heterocycles. The minimum absolute atomic E-state index is 0.0385. The van der Waals surface area contributed by atoms with Crippen molar-refractivity contribution < 1.29 is 10.2 Å². The molecular weight excluding hydrogens is 246 g/mol. The second-order valence-corrected chi connectivity index (χ2v) is 4.74. The molecular formula is C12H15N5O2.